The van der Waals surface area contributed by atoms with Gasteiger partial charge in [0.2, 0.25) is 5.13 Å². The van der Waals surface area contributed by atoms with Gasteiger partial charge in [0.25, 0.3) is 0 Å². The number of nitrogen functional groups attached to an aromatic ring is 1. The van der Waals surface area contributed by atoms with Gasteiger partial charge in [0.15, 0.2) is 16.6 Å². The lowest BCUT2D eigenvalue weighted by atomic mass is 10.3. The highest BCUT2D eigenvalue weighted by atomic mass is 32.1. The van der Waals surface area contributed by atoms with Crippen molar-refractivity contribution in [2.45, 2.75) is 6.61 Å². The Morgan fingerprint density at radius 1 is 1.31 bits per heavy atom. The van der Waals surface area contributed by atoms with Crippen LogP contribution in [-0.2, 0) is 6.61 Å². The number of anilines is 1. The van der Waals surface area contributed by atoms with E-state index in [0.717, 1.165) is 29.5 Å². The van der Waals surface area contributed by atoms with Gasteiger partial charge in [0.1, 0.15) is 12.4 Å². The lowest BCUT2D eigenvalue weighted by molar-refractivity contribution is 0.287. The van der Waals surface area contributed by atoms with Gasteiger partial charge < -0.3 is 10.5 Å². The first-order chi connectivity index (χ1) is 7.65. The topological polar surface area (TPSA) is 61.0 Å². The zero-order chi connectivity index (χ0) is 11.5. The van der Waals surface area contributed by atoms with Gasteiger partial charge in [-0.3, -0.25) is 0 Å². The van der Waals surface area contributed by atoms with Gasteiger partial charge in [-0.15, -0.1) is 10.2 Å². The van der Waals surface area contributed by atoms with Gasteiger partial charge in [0, 0.05) is 6.07 Å². The predicted molar refractivity (Wildman–Crippen MR) is 55.0 cm³/mol. The van der Waals surface area contributed by atoms with Crippen molar-refractivity contribution in [3.8, 4) is 5.75 Å². The Morgan fingerprint density at radius 3 is 2.81 bits per heavy atom. The molecule has 0 aliphatic rings. The van der Waals surface area contributed by atoms with E-state index in [2.05, 4.69) is 10.2 Å². The molecule has 0 amide bonds. The summed E-state index contributed by atoms with van der Waals surface area (Å²) in [6.07, 6.45) is 0. The molecule has 0 saturated carbocycles. The van der Waals surface area contributed by atoms with Gasteiger partial charge in [-0.25, -0.2) is 8.78 Å². The van der Waals surface area contributed by atoms with Crippen LogP contribution < -0.4 is 10.5 Å². The van der Waals surface area contributed by atoms with Crippen LogP contribution in [0.2, 0.25) is 0 Å². The van der Waals surface area contributed by atoms with Crippen molar-refractivity contribution < 1.29 is 13.5 Å². The smallest absolute Gasteiger partial charge is 0.203 e. The summed E-state index contributed by atoms with van der Waals surface area (Å²) in [7, 11) is 0. The normalized spacial score (nSPS) is 10.4. The van der Waals surface area contributed by atoms with E-state index in [0.29, 0.717) is 10.1 Å². The van der Waals surface area contributed by atoms with Crippen LogP contribution in [0.3, 0.4) is 0 Å². The van der Waals surface area contributed by atoms with E-state index in [9.17, 15) is 8.78 Å². The number of benzene rings is 1. The fourth-order valence-corrected chi connectivity index (χ4v) is 1.57. The van der Waals surface area contributed by atoms with Crippen molar-refractivity contribution in [1.82, 2.24) is 10.2 Å². The Kier molecular flexibility index (Phi) is 2.95. The highest BCUT2D eigenvalue weighted by Gasteiger charge is 2.07. The first-order valence-corrected chi connectivity index (χ1v) is 5.12. The number of aromatic nitrogens is 2. The van der Waals surface area contributed by atoms with Crippen molar-refractivity contribution in [1.29, 1.82) is 0 Å². The van der Waals surface area contributed by atoms with Gasteiger partial charge in [-0.05, 0) is 12.1 Å². The minimum atomic E-state index is -0.626. The Bertz CT molecular complexity index is 503. The number of hydrogen-bond acceptors (Lipinski definition) is 5. The second kappa shape index (κ2) is 4.40. The minimum absolute atomic E-state index is 0.00917. The van der Waals surface area contributed by atoms with E-state index in [1.165, 1.54) is 0 Å². The molecule has 0 fully saturated rings. The predicted octanol–water partition coefficient (Wildman–Crippen LogP) is 1.98. The Balaban J connectivity index is 2.07. The average molecular weight is 243 g/mol. The molecule has 0 atom stereocenters. The molecule has 2 aromatic rings. The number of rotatable bonds is 3. The van der Waals surface area contributed by atoms with Crippen LogP contribution in [0.1, 0.15) is 5.01 Å². The molecule has 0 saturated heterocycles. The number of nitrogens with zero attached hydrogens (tertiary/aromatic N) is 2. The number of ether oxygens (including phenoxy) is 1. The van der Waals surface area contributed by atoms with Crippen LogP contribution in [0.15, 0.2) is 18.2 Å². The minimum Gasteiger partial charge on any atom is -0.483 e. The van der Waals surface area contributed by atoms with Crippen LogP contribution in [0, 0.1) is 11.6 Å². The molecule has 4 nitrogen and oxygen atoms in total. The van der Waals surface area contributed by atoms with Crippen molar-refractivity contribution in [2.24, 2.45) is 0 Å². The summed E-state index contributed by atoms with van der Waals surface area (Å²) in [5, 5.41) is 8.06. The maximum absolute atomic E-state index is 13.1. The van der Waals surface area contributed by atoms with Crippen LogP contribution in [0.5, 0.6) is 5.75 Å². The molecule has 1 heterocycles. The zero-order valence-corrected chi connectivity index (χ0v) is 8.80. The summed E-state index contributed by atoms with van der Waals surface area (Å²) in [6, 6.07) is 2.99. The van der Waals surface area contributed by atoms with Crippen molar-refractivity contribution in [2.75, 3.05) is 5.73 Å². The maximum atomic E-state index is 13.1. The first kappa shape index (κ1) is 10.7. The molecule has 2 N–H and O–H groups in total. The monoisotopic (exact) mass is 243 g/mol. The van der Waals surface area contributed by atoms with E-state index in [-0.39, 0.29) is 12.4 Å². The molecular weight excluding hydrogens is 236 g/mol. The lowest BCUT2D eigenvalue weighted by Gasteiger charge is -2.04. The molecule has 84 valence electrons. The van der Waals surface area contributed by atoms with Crippen molar-refractivity contribution >= 4 is 16.5 Å². The molecule has 2 rings (SSSR count). The summed E-state index contributed by atoms with van der Waals surface area (Å²) in [6.45, 7) is 0.00917. The summed E-state index contributed by atoms with van der Waals surface area (Å²) in [5.41, 5.74) is 5.36. The number of halogens is 2. The summed E-state index contributed by atoms with van der Waals surface area (Å²) < 4.78 is 31.0. The zero-order valence-electron chi connectivity index (χ0n) is 7.98. The largest absolute Gasteiger partial charge is 0.483 e. The molecule has 1 aromatic heterocycles. The quantitative estimate of drug-likeness (QED) is 0.895. The van der Waals surface area contributed by atoms with Crippen molar-refractivity contribution in [3.05, 3.63) is 34.8 Å². The van der Waals surface area contributed by atoms with Gasteiger partial charge >= 0.3 is 0 Å². The highest BCUT2D eigenvalue weighted by molar-refractivity contribution is 7.15. The van der Waals surface area contributed by atoms with E-state index in [1.54, 1.807) is 0 Å². The van der Waals surface area contributed by atoms with Gasteiger partial charge in [-0.2, -0.15) is 0 Å². The Hall–Kier alpha value is -1.76. The SMILES string of the molecule is Nc1nnc(COc2cc(F)ccc2F)s1. The summed E-state index contributed by atoms with van der Waals surface area (Å²) in [4.78, 5) is 0. The van der Waals surface area contributed by atoms with Crippen LogP contribution in [0.4, 0.5) is 13.9 Å². The molecule has 16 heavy (non-hydrogen) atoms. The second-order valence-electron chi connectivity index (χ2n) is 2.90. The molecular formula is C9H7F2N3OS. The third-order valence-electron chi connectivity index (χ3n) is 1.73. The third kappa shape index (κ3) is 2.43. The molecule has 0 bridgehead atoms. The fourth-order valence-electron chi connectivity index (χ4n) is 1.05. The van der Waals surface area contributed by atoms with Crippen LogP contribution in [0.25, 0.3) is 0 Å². The number of hydrogen-bond donors (Lipinski definition) is 1. The molecule has 0 spiro atoms. The van der Waals surface area contributed by atoms with E-state index in [4.69, 9.17) is 10.5 Å². The summed E-state index contributed by atoms with van der Waals surface area (Å²) >= 11 is 1.13. The molecule has 0 radical (unpaired) electrons. The molecule has 1 aromatic carbocycles. The standard InChI is InChI=1S/C9H7F2N3OS/c10-5-1-2-6(11)7(3-5)15-4-8-13-14-9(12)16-8/h1-3H,4H2,(H2,12,14). The second-order valence-corrected chi connectivity index (χ2v) is 3.99. The molecule has 7 heteroatoms. The van der Waals surface area contributed by atoms with E-state index < -0.39 is 11.6 Å². The molecule has 0 unspecified atom stereocenters. The van der Waals surface area contributed by atoms with Gasteiger partial charge in [-0.1, -0.05) is 11.3 Å². The van der Waals surface area contributed by atoms with Gasteiger partial charge in [0.05, 0.1) is 0 Å². The third-order valence-corrected chi connectivity index (χ3v) is 2.45. The first-order valence-electron chi connectivity index (χ1n) is 4.31. The van der Waals surface area contributed by atoms with E-state index >= 15 is 0 Å². The van der Waals surface area contributed by atoms with Crippen LogP contribution in [-0.4, -0.2) is 10.2 Å². The lowest BCUT2D eigenvalue weighted by Crippen LogP contribution is -1.97. The summed E-state index contributed by atoms with van der Waals surface area (Å²) in [5.74, 6) is -1.35. The fraction of sp³-hybridized carbons (Fsp3) is 0.111. The highest BCUT2D eigenvalue weighted by Crippen LogP contribution is 2.20. The molecule has 0 aliphatic heterocycles. The maximum Gasteiger partial charge on any atom is 0.203 e. The Labute approximate surface area is 93.7 Å². The van der Waals surface area contributed by atoms with Crippen molar-refractivity contribution in [3.63, 3.8) is 0 Å². The van der Waals surface area contributed by atoms with E-state index in [1.807, 2.05) is 0 Å². The Morgan fingerprint density at radius 2 is 2.12 bits per heavy atom. The number of nitrogens with two attached hydrogens (primary N) is 1. The van der Waals surface area contributed by atoms with Crippen LogP contribution >= 0.6 is 11.3 Å². The average Bonchev–Trinajstić information content (AvgIpc) is 2.66. The molecule has 0 aliphatic carbocycles.